The van der Waals surface area contributed by atoms with Crippen LogP contribution in [0.15, 0.2) is 0 Å². The number of carboxylic acid groups (broad SMARTS) is 1. The van der Waals surface area contributed by atoms with Gasteiger partial charge in [-0.05, 0) is 32.7 Å². The standard InChI is InChI=1S/C10H18N2O2/c1-11(8-2-3-8)9-4-6-12(7-5-9)10(13)14/h8-9H,2-7H2,1H3,(H,13,14). The lowest BCUT2D eigenvalue weighted by Gasteiger charge is -2.35. The Morgan fingerprint density at radius 1 is 1.21 bits per heavy atom. The van der Waals surface area contributed by atoms with Crippen molar-refractivity contribution in [1.29, 1.82) is 0 Å². The first-order valence-corrected chi connectivity index (χ1v) is 5.38. The maximum atomic E-state index is 10.7. The molecule has 2 rings (SSSR count). The normalized spacial score (nSPS) is 24.3. The Hall–Kier alpha value is -0.770. The Balaban J connectivity index is 1.80. The van der Waals surface area contributed by atoms with Crippen LogP contribution in [-0.2, 0) is 0 Å². The van der Waals surface area contributed by atoms with Gasteiger partial charge in [-0.25, -0.2) is 4.79 Å². The lowest BCUT2D eigenvalue weighted by Crippen LogP contribution is -2.45. The Kier molecular flexibility index (Phi) is 2.63. The van der Waals surface area contributed by atoms with Crippen LogP contribution in [0.3, 0.4) is 0 Å². The zero-order chi connectivity index (χ0) is 10.1. The Labute approximate surface area is 84.5 Å². The molecule has 0 bridgehead atoms. The summed E-state index contributed by atoms with van der Waals surface area (Å²) < 4.78 is 0. The van der Waals surface area contributed by atoms with Gasteiger partial charge in [-0.3, -0.25) is 0 Å². The molecule has 1 saturated carbocycles. The molecule has 0 aromatic carbocycles. The molecule has 1 amide bonds. The molecule has 1 saturated heterocycles. The van der Waals surface area contributed by atoms with Crippen molar-refractivity contribution in [2.24, 2.45) is 0 Å². The van der Waals surface area contributed by atoms with E-state index in [2.05, 4.69) is 11.9 Å². The van der Waals surface area contributed by atoms with Gasteiger partial charge in [0, 0.05) is 25.2 Å². The summed E-state index contributed by atoms with van der Waals surface area (Å²) in [5, 5.41) is 8.80. The summed E-state index contributed by atoms with van der Waals surface area (Å²) in [5.41, 5.74) is 0. The van der Waals surface area contributed by atoms with E-state index in [0.717, 1.165) is 18.9 Å². The summed E-state index contributed by atoms with van der Waals surface area (Å²) in [6.45, 7) is 1.41. The molecule has 2 fully saturated rings. The van der Waals surface area contributed by atoms with Crippen LogP contribution in [0, 0.1) is 0 Å². The quantitative estimate of drug-likeness (QED) is 0.725. The first-order chi connectivity index (χ1) is 6.68. The largest absolute Gasteiger partial charge is 0.465 e. The molecular weight excluding hydrogens is 180 g/mol. The van der Waals surface area contributed by atoms with Gasteiger partial charge in [0.25, 0.3) is 0 Å². The highest BCUT2D eigenvalue weighted by molar-refractivity contribution is 5.65. The molecule has 1 heterocycles. The summed E-state index contributed by atoms with van der Waals surface area (Å²) in [6, 6.07) is 1.40. The molecular formula is C10H18N2O2. The van der Waals surface area contributed by atoms with Crippen molar-refractivity contribution in [2.75, 3.05) is 20.1 Å². The van der Waals surface area contributed by atoms with Crippen LogP contribution in [0.2, 0.25) is 0 Å². The van der Waals surface area contributed by atoms with Gasteiger partial charge >= 0.3 is 6.09 Å². The first-order valence-electron chi connectivity index (χ1n) is 5.38. The van der Waals surface area contributed by atoms with E-state index < -0.39 is 6.09 Å². The fourth-order valence-electron chi connectivity index (χ4n) is 2.24. The fourth-order valence-corrected chi connectivity index (χ4v) is 2.24. The molecule has 1 aliphatic heterocycles. The van der Waals surface area contributed by atoms with Gasteiger partial charge < -0.3 is 14.9 Å². The summed E-state index contributed by atoms with van der Waals surface area (Å²) in [7, 11) is 2.18. The molecule has 14 heavy (non-hydrogen) atoms. The van der Waals surface area contributed by atoms with Crippen LogP contribution in [-0.4, -0.2) is 53.2 Å². The van der Waals surface area contributed by atoms with Crippen molar-refractivity contribution >= 4 is 6.09 Å². The summed E-state index contributed by atoms with van der Waals surface area (Å²) in [6.07, 6.45) is 3.89. The van der Waals surface area contributed by atoms with Crippen molar-refractivity contribution in [2.45, 2.75) is 37.8 Å². The number of hydrogen-bond donors (Lipinski definition) is 1. The van der Waals surface area contributed by atoms with E-state index in [1.165, 1.54) is 17.7 Å². The zero-order valence-electron chi connectivity index (χ0n) is 8.65. The minimum Gasteiger partial charge on any atom is -0.465 e. The maximum Gasteiger partial charge on any atom is 0.407 e. The van der Waals surface area contributed by atoms with Gasteiger partial charge in [0.1, 0.15) is 0 Å². The Bertz CT molecular complexity index is 220. The smallest absolute Gasteiger partial charge is 0.407 e. The minimum atomic E-state index is -0.766. The number of amides is 1. The van der Waals surface area contributed by atoms with Crippen LogP contribution in [0.25, 0.3) is 0 Å². The number of piperidine rings is 1. The van der Waals surface area contributed by atoms with E-state index in [9.17, 15) is 4.79 Å². The third-order valence-electron chi connectivity index (χ3n) is 3.43. The van der Waals surface area contributed by atoms with E-state index in [-0.39, 0.29) is 0 Å². The average Bonchev–Trinajstić information content (AvgIpc) is 3.00. The SMILES string of the molecule is CN(C1CC1)C1CCN(C(=O)O)CC1. The van der Waals surface area contributed by atoms with Gasteiger partial charge in [0.05, 0.1) is 0 Å². The van der Waals surface area contributed by atoms with E-state index in [4.69, 9.17) is 5.11 Å². The van der Waals surface area contributed by atoms with Crippen molar-refractivity contribution in [3.8, 4) is 0 Å². The molecule has 0 unspecified atom stereocenters. The Morgan fingerprint density at radius 2 is 1.71 bits per heavy atom. The molecule has 1 aliphatic carbocycles. The number of likely N-dealkylation sites (tertiary alicyclic amines) is 1. The van der Waals surface area contributed by atoms with Gasteiger partial charge in [-0.15, -0.1) is 0 Å². The minimum absolute atomic E-state index is 0.609. The van der Waals surface area contributed by atoms with Gasteiger partial charge in [-0.2, -0.15) is 0 Å². The van der Waals surface area contributed by atoms with Crippen LogP contribution >= 0.6 is 0 Å². The second-order valence-corrected chi connectivity index (χ2v) is 4.40. The maximum absolute atomic E-state index is 10.7. The molecule has 80 valence electrons. The van der Waals surface area contributed by atoms with E-state index in [1.807, 2.05) is 0 Å². The molecule has 4 nitrogen and oxygen atoms in total. The van der Waals surface area contributed by atoms with Crippen LogP contribution in [0.5, 0.6) is 0 Å². The molecule has 1 N–H and O–H groups in total. The average molecular weight is 198 g/mol. The molecule has 0 atom stereocenters. The van der Waals surface area contributed by atoms with Crippen molar-refractivity contribution in [3.05, 3.63) is 0 Å². The van der Waals surface area contributed by atoms with Gasteiger partial charge in [-0.1, -0.05) is 0 Å². The molecule has 0 aromatic heterocycles. The van der Waals surface area contributed by atoms with Crippen molar-refractivity contribution in [3.63, 3.8) is 0 Å². The number of hydrogen-bond acceptors (Lipinski definition) is 2. The second kappa shape index (κ2) is 3.77. The lowest BCUT2D eigenvalue weighted by atomic mass is 10.0. The molecule has 2 aliphatic rings. The summed E-state index contributed by atoms with van der Waals surface area (Å²) in [5.74, 6) is 0. The monoisotopic (exact) mass is 198 g/mol. The number of carbonyl (C=O) groups is 1. The summed E-state index contributed by atoms with van der Waals surface area (Å²) >= 11 is 0. The molecule has 0 radical (unpaired) electrons. The van der Waals surface area contributed by atoms with Crippen molar-refractivity contribution < 1.29 is 9.90 Å². The first kappa shape index (κ1) is 9.77. The Morgan fingerprint density at radius 3 is 2.14 bits per heavy atom. The third-order valence-corrected chi connectivity index (χ3v) is 3.43. The highest BCUT2D eigenvalue weighted by Crippen LogP contribution is 2.30. The molecule has 4 heteroatoms. The van der Waals surface area contributed by atoms with Crippen LogP contribution in [0.1, 0.15) is 25.7 Å². The van der Waals surface area contributed by atoms with Crippen LogP contribution in [0.4, 0.5) is 4.79 Å². The lowest BCUT2D eigenvalue weighted by molar-refractivity contribution is 0.103. The zero-order valence-corrected chi connectivity index (χ0v) is 8.65. The predicted molar refractivity (Wildman–Crippen MR) is 53.4 cm³/mol. The number of rotatable bonds is 2. The second-order valence-electron chi connectivity index (χ2n) is 4.40. The van der Waals surface area contributed by atoms with E-state index in [1.54, 1.807) is 0 Å². The third kappa shape index (κ3) is 2.00. The predicted octanol–water partition coefficient (Wildman–Crippen LogP) is 1.22. The van der Waals surface area contributed by atoms with E-state index >= 15 is 0 Å². The van der Waals surface area contributed by atoms with Crippen molar-refractivity contribution in [1.82, 2.24) is 9.80 Å². The van der Waals surface area contributed by atoms with Gasteiger partial charge in [0.2, 0.25) is 0 Å². The highest BCUT2D eigenvalue weighted by Gasteiger charge is 2.33. The van der Waals surface area contributed by atoms with Crippen LogP contribution < -0.4 is 0 Å². The van der Waals surface area contributed by atoms with E-state index in [0.29, 0.717) is 19.1 Å². The van der Waals surface area contributed by atoms with Gasteiger partial charge in [0.15, 0.2) is 0 Å². The summed E-state index contributed by atoms with van der Waals surface area (Å²) in [4.78, 5) is 14.7. The fraction of sp³-hybridized carbons (Fsp3) is 0.900. The molecule has 0 aromatic rings. The number of nitrogens with zero attached hydrogens (tertiary/aromatic N) is 2. The topological polar surface area (TPSA) is 43.8 Å². The highest BCUT2D eigenvalue weighted by atomic mass is 16.4. The molecule has 0 spiro atoms.